The summed E-state index contributed by atoms with van der Waals surface area (Å²) in [5.41, 5.74) is 5.77. The van der Waals surface area contributed by atoms with Crippen molar-refractivity contribution >= 4 is 11.4 Å². The number of nitrogens with two attached hydrogens (primary N) is 1. The summed E-state index contributed by atoms with van der Waals surface area (Å²) in [6, 6.07) is 2.74. The average Bonchev–Trinajstić information content (AvgIpc) is 2.19. The van der Waals surface area contributed by atoms with Gasteiger partial charge in [0.15, 0.2) is 0 Å². The number of nitro groups is 1. The van der Waals surface area contributed by atoms with Crippen molar-refractivity contribution in [2.75, 3.05) is 5.73 Å². The van der Waals surface area contributed by atoms with Crippen LogP contribution in [0.2, 0.25) is 0 Å². The van der Waals surface area contributed by atoms with E-state index in [1.54, 1.807) is 0 Å². The molecule has 0 radical (unpaired) electrons. The van der Waals surface area contributed by atoms with Crippen molar-refractivity contribution in [3.05, 3.63) is 27.8 Å². The fraction of sp³-hybridized carbons (Fsp3) is 0.400. The summed E-state index contributed by atoms with van der Waals surface area (Å²) >= 11 is 0. The Kier molecular flexibility index (Phi) is 3.14. The van der Waals surface area contributed by atoms with Crippen LogP contribution in [0.3, 0.4) is 0 Å². The number of phenolic OH excluding ortho intramolecular Hbond substituents is 1. The number of hydrogen-bond donors (Lipinski definition) is 2. The zero-order valence-corrected chi connectivity index (χ0v) is 8.73. The summed E-state index contributed by atoms with van der Waals surface area (Å²) in [5, 5.41) is 20.4. The van der Waals surface area contributed by atoms with Crippen molar-refractivity contribution in [2.45, 2.75) is 26.2 Å². The van der Waals surface area contributed by atoms with Gasteiger partial charge in [0.25, 0.3) is 5.69 Å². The van der Waals surface area contributed by atoms with E-state index in [9.17, 15) is 15.2 Å². The zero-order valence-electron chi connectivity index (χ0n) is 8.73. The fourth-order valence-corrected chi connectivity index (χ4v) is 1.51. The Balaban J connectivity index is 3.45. The number of nitrogen functional groups attached to an aromatic ring is 1. The topological polar surface area (TPSA) is 89.4 Å². The first-order valence-electron chi connectivity index (χ1n) is 4.74. The first kappa shape index (κ1) is 11.3. The second-order valence-corrected chi connectivity index (χ2v) is 3.50. The van der Waals surface area contributed by atoms with Gasteiger partial charge < -0.3 is 10.8 Å². The van der Waals surface area contributed by atoms with E-state index in [1.807, 2.05) is 13.8 Å². The molecular formula is C10H14N2O3. The van der Waals surface area contributed by atoms with Gasteiger partial charge in [-0.15, -0.1) is 0 Å². The molecule has 1 aromatic carbocycles. The second kappa shape index (κ2) is 4.16. The Bertz CT molecular complexity index is 390. The molecule has 0 heterocycles. The number of nitrogens with zero attached hydrogens (tertiary/aromatic N) is 1. The fourth-order valence-electron chi connectivity index (χ4n) is 1.51. The molecule has 1 unspecified atom stereocenters. The molecule has 0 fully saturated rings. The molecule has 0 saturated carbocycles. The molecule has 0 aliphatic heterocycles. The van der Waals surface area contributed by atoms with E-state index >= 15 is 0 Å². The van der Waals surface area contributed by atoms with Crippen LogP contribution in [0.4, 0.5) is 11.4 Å². The summed E-state index contributed by atoms with van der Waals surface area (Å²) in [6.45, 7) is 3.72. The van der Waals surface area contributed by atoms with E-state index in [0.29, 0.717) is 12.0 Å². The average molecular weight is 210 g/mol. The zero-order chi connectivity index (χ0) is 11.6. The molecule has 0 aliphatic rings. The Hall–Kier alpha value is -1.78. The van der Waals surface area contributed by atoms with Crippen LogP contribution in [-0.2, 0) is 0 Å². The van der Waals surface area contributed by atoms with Crippen LogP contribution < -0.4 is 5.73 Å². The molecule has 1 rings (SSSR count). The Morgan fingerprint density at radius 2 is 2.20 bits per heavy atom. The van der Waals surface area contributed by atoms with Gasteiger partial charge in [-0.05, 0) is 24.5 Å². The standard InChI is InChI=1S/C10H14N2O3/c1-3-6(2)9-8(13)5-4-7(11)10(9)12(14)15/h4-6,13H,3,11H2,1-2H3. The van der Waals surface area contributed by atoms with Crippen LogP contribution in [0, 0.1) is 10.1 Å². The maximum absolute atomic E-state index is 10.8. The largest absolute Gasteiger partial charge is 0.507 e. The molecular weight excluding hydrogens is 196 g/mol. The lowest BCUT2D eigenvalue weighted by atomic mass is 9.95. The number of aromatic hydroxyl groups is 1. The van der Waals surface area contributed by atoms with Crippen LogP contribution in [0.15, 0.2) is 12.1 Å². The van der Waals surface area contributed by atoms with Crippen molar-refractivity contribution in [3.8, 4) is 5.75 Å². The summed E-state index contributed by atoms with van der Waals surface area (Å²) < 4.78 is 0. The summed E-state index contributed by atoms with van der Waals surface area (Å²) in [6.07, 6.45) is 0.706. The van der Waals surface area contributed by atoms with E-state index in [0.717, 1.165) is 0 Å². The van der Waals surface area contributed by atoms with Crippen molar-refractivity contribution in [1.82, 2.24) is 0 Å². The minimum atomic E-state index is -0.545. The number of nitro benzene ring substituents is 1. The van der Waals surface area contributed by atoms with E-state index in [1.165, 1.54) is 12.1 Å². The lowest BCUT2D eigenvalue weighted by Crippen LogP contribution is -2.03. The third-order valence-electron chi connectivity index (χ3n) is 2.51. The maximum Gasteiger partial charge on any atom is 0.299 e. The van der Waals surface area contributed by atoms with Gasteiger partial charge in [-0.3, -0.25) is 10.1 Å². The van der Waals surface area contributed by atoms with Crippen molar-refractivity contribution in [2.24, 2.45) is 0 Å². The molecule has 0 aromatic heterocycles. The molecule has 1 atom stereocenters. The van der Waals surface area contributed by atoms with Gasteiger partial charge in [-0.1, -0.05) is 13.8 Å². The van der Waals surface area contributed by atoms with Gasteiger partial charge in [0.1, 0.15) is 11.4 Å². The van der Waals surface area contributed by atoms with E-state index in [2.05, 4.69) is 0 Å². The predicted octanol–water partition coefficient (Wildman–Crippen LogP) is 2.40. The highest BCUT2D eigenvalue weighted by Crippen LogP contribution is 2.39. The Morgan fingerprint density at radius 1 is 1.60 bits per heavy atom. The summed E-state index contributed by atoms with van der Waals surface area (Å²) in [5.74, 6) is -0.154. The monoisotopic (exact) mass is 210 g/mol. The highest BCUT2D eigenvalue weighted by molar-refractivity contribution is 5.67. The van der Waals surface area contributed by atoms with Gasteiger partial charge in [0, 0.05) is 0 Å². The van der Waals surface area contributed by atoms with Crippen LogP contribution in [0.25, 0.3) is 0 Å². The minimum Gasteiger partial charge on any atom is -0.507 e. The molecule has 1 aromatic rings. The third kappa shape index (κ3) is 2.01. The number of benzene rings is 1. The van der Waals surface area contributed by atoms with Crippen molar-refractivity contribution < 1.29 is 10.0 Å². The number of phenols is 1. The van der Waals surface area contributed by atoms with Gasteiger partial charge in [-0.2, -0.15) is 0 Å². The van der Waals surface area contributed by atoms with Gasteiger partial charge in [0.05, 0.1) is 10.5 Å². The summed E-state index contributed by atoms with van der Waals surface area (Å²) in [4.78, 5) is 10.3. The molecule has 5 nitrogen and oxygen atoms in total. The Morgan fingerprint density at radius 3 is 2.67 bits per heavy atom. The molecule has 5 heteroatoms. The predicted molar refractivity (Wildman–Crippen MR) is 57.9 cm³/mol. The SMILES string of the molecule is CCC(C)c1c(O)ccc(N)c1[N+](=O)[O-]. The number of hydrogen-bond acceptors (Lipinski definition) is 4. The molecule has 0 saturated heterocycles. The van der Waals surface area contributed by atoms with E-state index in [4.69, 9.17) is 5.73 Å². The summed E-state index contributed by atoms with van der Waals surface area (Å²) in [7, 11) is 0. The normalized spacial score (nSPS) is 12.4. The minimum absolute atomic E-state index is 0.0646. The quantitative estimate of drug-likeness (QED) is 0.347. The first-order chi connectivity index (χ1) is 6.99. The molecule has 0 aliphatic carbocycles. The van der Waals surface area contributed by atoms with E-state index in [-0.39, 0.29) is 23.0 Å². The van der Waals surface area contributed by atoms with Crippen LogP contribution in [0.1, 0.15) is 31.7 Å². The van der Waals surface area contributed by atoms with Gasteiger partial charge >= 0.3 is 0 Å². The van der Waals surface area contributed by atoms with Gasteiger partial charge in [0.2, 0.25) is 0 Å². The molecule has 0 amide bonds. The molecule has 82 valence electrons. The number of anilines is 1. The van der Waals surface area contributed by atoms with E-state index < -0.39 is 4.92 Å². The molecule has 15 heavy (non-hydrogen) atoms. The highest BCUT2D eigenvalue weighted by atomic mass is 16.6. The lowest BCUT2D eigenvalue weighted by Gasteiger charge is -2.12. The molecule has 0 bridgehead atoms. The third-order valence-corrected chi connectivity index (χ3v) is 2.51. The van der Waals surface area contributed by atoms with Crippen LogP contribution in [-0.4, -0.2) is 10.0 Å². The second-order valence-electron chi connectivity index (χ2n) is 3.50. The first-order valence-corrected chi connectivity index (χ1v) is 4.74. The highest BCUT2D eigenvalue weighted by Gasteiger charge is 2.24. The van der Waals surface area contributed by atoms with Crippen LogP contribution in [0.5, 0.6) is 5.75 Å². The Labute approximate surface area is 87.7 Å². The van der Waals surface area contributed by atoms with Crippen molar-refractivity contribution in [3.63, 3.8) is 0 Å². The molecule has 0 spiro atoms. The smallest absolute Gasteiger partial charge is 0.299 e. The number of rotatable bonds is 3. The lowest BCUT2D eigenvalue weighted by molar-refractivity contribution is -0.384. The molecule has 3 N–H and O–H groups in total. The van der Waals surface area contributed by atoms with Crippen LogP contribution >= 0.6 is 0 Å². The van der Waals surface area contributed by atoms with Crippen molar-refractivity contribution in [1.29, 1.82) is 0 Å². The van der Waals surface area contributed by atoms with Gasteiger partial charge in [-0.25, -0.2) is 0 Å². The maximum atomic E-state index is 10.8.